The first-order chi connectivity index (χ1) is 13.1. The number of aromatic nitrogens is 2. The zero-order valence-electron chi connectivity index (χ0n) is 14.9. The van der Waals surface area contributed by atoms with Crippen molar-refractivity contribution in [3.8, 4) is 0 Å². The first-order valence-electron chi connectivity index (χ1n) is 9.28. The third kappa shape index (κ3) is 3.88. The van der Waals surface area contributed by atoms with Gasteiger partial charge in [0.15, 0.2) is 0 Å². The molecule has 0 amide bonds. The molecule has 1 atom stereocenters. The van der Waals surface area contributed by atoms with Gasteiger partial charge in [0.1, 0.15) is 0 Å². The summed E-state index contributed by atoms with van der Waals surface area (Å²) < 4.78 is 1.71. The van der Waals surface area contributed by atoms with Crippen molar-refractivity contribution in [2.45, 2.75) is 31.7 Å². The summed E-state index contributed by atoms with van der Waals surface area (Å²) in [4.78, 5) is 13.1. The van der Waals surface area contributed by atoms with Crippen molar-refractivity contribution in [1.29, 1.82) is 0 Å². The molecule has 27 heavy (non-hydrogen) atoms. The summed E-state index contributed by atoms with van der Waals surface area (Å²) in [6.07, 6.45) is 3.53. The number of benzene rings is 2. The third-order valence-corrected chi connectivity index (χ3v) is 5.89. The molecular weight excluding hydrogens is 381 g/mol. The molecule has 4 rings (SSSR count). The summed E-state index contributed by atoms with van der Waals surface area (Å²) >= 11 is 12.2. The van der Waals surface area contributed by atoms with Crippen molar-refractivity contribution in [3.05, 3.63) is 74.1 Å². The molecule has 1 unspecified atom stereocenters. The summed E-state index contributed by atoms with van der Waals surface area (Å²) in [5, 5.41) is 10.9. The van der Waals surface area contributed by atoms with E-state index in [1.165, 1.54) is 0 Å². The molecule has 140 valence electrons. The second-order valence-corrected chi connectivity index (χ2v) is 7.82. The molecule has 2 heterocycles. The van der Waals surface area contributed by atoms with Crippen LogP contribution in [0.5, 0.6) is 0 Å². The van der Waals surface area contributed by atoms with E-state index >= 15 is 0 Å². The highest BCUT2D eigenvalue weighted by atomic mass is 35.5. The van der Waals surface area contributed by atoms with Crippen LogP contribution in [0.15, 0.2) is 47.3 Å². The van der Waals surface area contributed by atoms with Gasteiger partial charge in [-0.2, -0.15) is 5.10 Å². The fraction of sp³-hybridized carbons (Fsp3) is 0.333. The molecule has 1 N–H and O–H groups in total. The van der Waals surface area contributed by atoms with Crippen LogP contribution < -0.4 is 10.9 Å². The van der Waals surface area contributed by atoms with E-state index in [-0.39, 0.29) is 11.6 Å². The average Bonchev–Trinajstić information content (AvgIpc) is 2.96. The van der Waals surface area contributed by atoms with E-state index in [9.17, 15) is 4.79 Å². The predicted molar refractivity (Wildman–Crippen MR) is 111 cm³/mol. The summed E-state index contributed by atoms with van der Waals surface area (Å²) in [7, 11) is 0. The molecule has 4 nitrogen and oxygen atoms in total. The number of nitrogens with one attached hydrogen (secondary N) is 1. The summed E-state index contributed by atoms with van der Waals surface area (Å²) in [5.74, 6) is 0. The number of rotatable bonds is 3. The van der Waals surface area contributed by atoms with Crippen LogP contribution in [-0.4, -0.2) is 22.9 Å². The highest BCUT2D eigenvalue weighted by Gasteiger charge is 2.19. The SMILES string of the molecule is O=c1c2ccccc2c(Cc2ccc(Cl)c(Cl)c2)nn1C1CCCNCC1. The van der Waals surface area contributed by atoms with Crippen molar-refractivity contribution < 1.29 is 0 Å². The van der Waals surface area contributed by atoms with Crippen LogP contribution in [0.4, 0.5) is 0 Å². The van der Waals surface area contributed by atoms with E-state index in [0.717, 1.165) is 54.4 Å². The molecule has 1 saturated heterocycles. The van der Waals surface area contributed by atoms with E-state index in [0.29, 0.717) is 16.5 Å². The minimum absolute atomic E-state index is 0.00427. The molecule has 1 fully saturated rings. The molecule has 0 saturated carbocycles. The Morgan fingerprint density at radius 2 is 1.85 bits per heavy atom. The van der Waals surface area contributed by atoms with Crippen LogP contribution in [0.1, 0.15) is 36.6 Å². The molecule has 1 aliphatic heterocycles. The lowest BCUT2D eigenvalue weighted by Crippen LogP contribution is -2.29. The van der Waals surface area contributed by atoms with Gasteiger partial charge < -0.3 is 5.32 Å². The highest BCUT2D eigenvalue weighted by molar-refractivity contribution is 6.42. The zero-order chi connectivity index (χ0) is 18.8. The molecule has 3 aromatic rings. The topological polar surface area (TPSA) is 46.9 Å². The Hall–Kier alpha value is -1.88. The molecule has 6 heteroatoms. The standard InChI is InChI=1S/C21H21Cl2N3O/c22-18-8-7-14(12-19(18)23)13-20-16-5-1-2-6-17(16)21(27)26(25-20)15-4-3-10-24-11-9-15/h1-2,5-8,12,15,24H,3-4,9-11,13H2. The Morgan fingerprint density at radius 1 is 1.04 bits per heavy atom. The number of hydrogen-bond donors (Lipinski definition) is 1. The van der Waals surface area contributed by atoms with Crippen molar-refractivity contribution in [2.24, 2.45) is 0 Å². The molecule has 0 aliphatic carbocycles. The van der Waals surface area contributed by atoms with Gasteiger partial charge in [-0.25, -0.2) is 4.68 Å². The van der Waals surface area contributed by atoms with Crippen molar-refractivity contribution in [1.82, 2.24) is 15.1 Å². The Bertz CT molecular complexity index is 1020. The maximum atomic E-state index is 13.1. The Morgan fingerprint density at radius 3 is 2.67 bits per heavy atom. The summed E-state index contributed by atoms with van der Waals surface area (Å²) in [5.41, 5.74) is 1.91. The van der Waals surface area contributed by atoms with Gasteiger partial charge in [0, 0.05) is 11.8 Å². The summed E-state index contributed by atoms with van der Waals surface area (Å²) in [6, 6.07) is 13.5. The molecular formula is C21H21Cl2N3O. The van der Waals surface area contributed by atoms with Gasteiger partial charge in [-0.3, -0.25) is 4.79 Å². The van der Waals surface area contributed by atoms with Crippen molar-refractivity contribution >= 4 is 34.0 Å². The van der Waals surface area contributed by atoms with Crippen LogP contribution >= 0.6 is 23.2 Å². The largest absolute Gasteiger partial charge is 0.317 e. The highest BCUT2D eigenvalue weighted by Crippen LogP contribution is 2.26. The van der Waals surface area contributed by atoms with Gasteiger partial charge in [0.05, 0.1) is 27.2 Å². The van der Waals surface area contributed by atoms with Gasteiger partial charge in [-0.15, -0.1) is 0 Å². The molecule has 0 radical (unpaired) electrons. The maximum absolute atomic E-state index is 13.1. The second-order valence-electron chi connectivity index (χ2n) is 7.00. The van der Waals surface area contributed by atoms with E-state index in [4.69, 9.17) is 28.3 Å². The monoisotopic (exact) mass is 401 g/mol. The number of hydrogen-bond acceptors (Lipinski definition) is 3. The van der Waals surface area contributed by atoms with Gasteiger partial charge in [-0.1, -0.05) is 47.5 Å². The van der Waals surface area contributed by atoms with Gasteiger partial charge in [0.25, 0.3) is 5.56 Å². The third-order valence-electron chi connectivity index (χ3n) is 5.15. The number of halogens is 2. The van der Waals surface area contributed by atoms with E-state index < -0.39 is 0 Å². The van der Waals surface area contributed by atoms with Gasteiger partial charge >= 0.3 is 0 Å². The van der Waals surface area contributed by atoms with Crippen LogP contribution in [0.25, 0.3) is 10.8 Å². The minimum Gasteiger partial charge on any atom is -0.317 e. The Balaban J connectivity index is 1.82. The summed E-state index contributed by atoms with van der Waals surface area (Å²) in [6.45, 7) is 1.91. The number of nitrogens with zero attached hydrogens (tertiary/aromatic N) is 2. The molecule has 1 aromatic heterocycles. The first-order valence-corrected chi connectivity index (χ1v) is 10.0. The van der Waals surface area contributed by atoms with E-state index in [1.807, 2.05) is 36.4 Å². The van der Waals surface area contributed by atoms with Crippen LogP contribution in [0, 0.1) is 0 Å². The fourth-order valence-corrected chi connectivity index (χ4v) is 4.06. The average molecular weight is 402 g/mol. The molecule has 1 aliphatic rings. The van der Waals surface area contributed by atoms with Crippen LogP contribution in [0.2, 0.25) is 10.0 Å². The minimum atomic E-state index is -0.00427. The van der Waals surface area contributed by atoms with Gasteiger partial charge in [-0.05, 0) is 56.1 Å². The number of fused-ring (bicyclic) bond motifs is 1. The smallest absolute Gasteiger partial charge is 0.274 e. The van der Waals surface area contributed by atoms with Crippen LogP contribution in [-0.2, 0) is 6.42 Å². The Kier molecular flexibility index (Phi) is 5.48. The lowest BCUT2D eigenvalue weighted by atomic mass is 10.0. The van der Waals surface area contributed by atoms with Gasteiger partial charge in [0.2, 0.25) is 0 Å². The zero-order valence-corrected chi connectivity index (χ0v) is 16.4. The van der Waals surface area contributed by atoms with E-state index in [2.05, 4.69) is 5.32 Å². The molecule has 0 bridgehead atoms. The van der Waals surface area contributed by atoms with Crippen LogP contribution in [0.3, 0.4) is 0 Å². The molecule has 2 aromatic carbocycles. The molecule has 0 spiro atoms. The lowest BCUT2D eigenvalue weighted by Gasteiger charge is -2.18. The normalized spacial score (nSPS) is 17.8. The lowest BCUT2D eigenvalue weighted by molar-refractivity contribution is 0.395. The predicted octanol–water partition coefficient (Wildman–Crippen LogP) is 4.61. The maximum Gasteiger partial charge on any atom is 0.274 e. The van der Waals surface area contributed by atoms with Crippen molar-refractivity contribution in [3.63, 3.8) is 0 Å². The quantitative estimate of drug-likeness (QED) is 0.696. The van der Waals surface area contributed by atoms with E-state index in [1.54, 1.807) is 10.7 Å². The second kappa shape index (κ2) is 8.01. The first kappa shape index (κ1) is 18.5. The Labute approximate surface area is 168 Å². The van der Waals surface area contributed by atoms with Crippen molar-refractivity contribution in [2.75, 3.05) is 13.1 Å². The fourth-order valence-electron chi connectivity index (χ4n) is 3.74.